The number of carbonyl (C=O) groups excluding carboxylic acids is 1. The number of amides is 1. The summed E-state index contributed by atoms with van der Waals surface area (Å²) < 4.78 is 0. The van der Waals surface area contributed by atoms with Crippen LogP contribution in [-0.2, 0) is 0 Å². The van der Waals surface area contributed by atoms with Crippen LogP contribution in [0.1, 0.15) is 60.2 Å². The molecule has 1 N–H and O–H groups in total. The number of hydrogen-bond acceptors (Lipinski definition) is 4. The Hall–Kier alpha value is -1.92. The lowest BCUT2D eigenvalue weighted by molar-refractivity contribution is 0.0696. The van der Waals surface area contributed by atoms with Gasteiger partial charge in [0.1, 0.15) is 0 Å². The zero-order valence-electron chi connectivity index (χ0n) is 16.9. The fraction of sp³-hybridized carbons (Fsp3) is 0.391. The standard InChI is InChI=1S/C23H27N3OS2/c1-16(28-29-23-24-20-10-6-7-11-21(20)25-23)17-12-14-18(15-13-17)22(27)26(2)19-8-4-3-5-9-19/h6-7,10-16,19H,3-5,8-9H2,1-2H3,(H,24,25). The summed E-state index contributed by atoms with van der Waals surface area (Å²) in [6.45, 7) is 2.19. The summed E-state index contributed by atoms with van der Waals surface area (Å²) >= 11 is 0. The average molecular weight is 426 g/mol. The van der Waals surface area contributed by atoms with Crippen LogP contribution in [0, 0.1) is 0 Å². The second-order valence-electron chi connectivity index (χ2n) is 7.71. The van der Waals surface area contributed by atoms with Crippen molar-refractivity contribution in [1.29, 1.82) is 0 Å². The first-order valence-electron chi connectivity index (χ1n) is 10.3. The lowest BCUT2D eigenvalue weighted by atomic mass is 9.94. The van der Waals surface area contributed by atoms with Gasteiger partial charge in [-0.15, -0.1) is 0 Å². The molecule has 0 radical (unpaired) electrons. The SMILES string of the molecule is CC(SSc1nc2ccccc2[nH]1)c1ccc(C(=O)N(C)C2CCCCC2)cc1. The molecule has 29 heavy (non-hydrogen) atoms. The molecule has 1 heterocycles. The molecule has 1 amide bonds. The van der Waals surface area contributed by atoms with E-state index in [1.807, 2.05) is 48.3 Å². The van der Waals surface area contributed by atoms with Crippen molar-refractivity contribution in [2.75, 3.05) is 7.05 Å². The summed E-state index contributed by atoms with van der Waals surface area (Å²) in [4.78, 5) is 22.7. The lowest BCUT2D eigenvalue weighted by Crippen LogP contribution is -2.38. The molecule has 0 bridgehead atoms. The van der Waals surface area contributed by atoms with Gasteiger partial charge in [0.05, 0.1) is 11.0 Å². The van der Waals surface area contributed by atoms with Gasteiger partial charge in [-0.05, 0) is 60.4 Å². The van der Waals surface area contributed by atoms with E-state index in [1.165, 1.54) is 24.8 Å². The Kier molecular flexibility index (Phi) is 6.50. The van der Waals surface area contributed by atoms with E-state index in [-0.39, 0.29) is 5.91 Å². The number of aromatic nitrogens is 2. The predicted molar refractivity (Wildman–Crippen MR) is 123 cm³/mol. The minimum Gasteiger partial charge on any atom is -0.339 e. The first-order chi connectivity index (χ1) is 14.1. The van der Waals surface area contributed by atoms with Crippen LogP contribution in [-0.4, -0.2) is 33.9 Å². The molecule has 3 aromatic rings. The highest BCUT2D eigenvalue weighted by Gasteiger charge is 2.23. The van der Waals surface area contributed by atoms with Gasteiger partial charge in [-0.25, -0.2) is 4.98 Å². The number of imidazole rings is 1. The summed E-state index contributed by atoms with van der Waals surface area (Å²) in [5.41, 5.74) is 4.06. The number of hydrogen-bond donors (Lipinski definition) is 1. The van der Waals surface area contributed by atoms with Crippen molar-refractivity contribution in [1.82, 2.24) is 14.9 Å². The number of rotatable bonds is 6. The van der Waals surface area contributed by atoms with Gasteiger partial charge in [-0.3, -0.25) is 4.79 Å². The van der Waals surface area contributed by atoms with Crippen molar-refractivity contribution in [3.8, 4) is 0 Å². The monoisotopic (exact) mass is 425 g/mol. The molecule has 0 saturated heterocycles. The van der Waals surface area contributed by atoms with Gasteiger partial charge in [0.25, 0.3) is 5.91 Å². The molecular formula is C23H27N3OS2. The Morgan fingerprint density at radius 1 is 1.10 bits per heavy atom. The molecule has 1 atom stereocenters. The third-order valence-electron chi connectivity index (χ3n) is 5.71. The number of benzene rings is 2. The molecular weight excluding hydrogens is 398 g/mol. The van der Waals surface area contributed by atoms with Crippen LogP contribution < -0.4 is 0 Å². The first kappa shape index (κ1) is 20.4. The maximum Gasteiger partial charge on any atom is 0.253 e. The molecule has 1 aliphatic carbocycles. The number of fused-ring (bicyclic) bond motifs is 1. The van der Waals surface area contributed by atoms with Crippen molar-refractivity contribution in [2.45, 2.75) is 55.5 Å². The number of carbonyl (C=O) groups is 1. The maximum absolute atomic E-state index is 12.8. The molecule has 0 aliphatic heterocycles. The van der Waals surface area contributed by atoms with Crippen molar-refractivity contribution >= 4 is 38.5 Å². The topological polar surface area (TPSA) is 49.0 Å². The number of H-pyrrole nitrogens is 1. The van der Waals surface area contributed by atoms with Gasteiger partial charge in [0.2, 0.25) is 0 Å². The zero-order valence-corrected chi connectivity index (χ0v) is 18.6. The lowest BCUT2D eigenvalue weighted by Gasteiger charge is -2.31. The highest BCUT2D eigenvalue weighted by atomic mass is 33.1. The Morgan fingerprint density at radius 3 is 2.55 bits per heavy atom. The van der Waals surface area contributed by atoms with Gasteiger partial charge in [-0.1, -0.05) is 54.3 Å². The highest BCUT2D eigenvalue weighted by molar-refractivity contribution is 8.76. The molecule has 6 heteroatoms. The van der Waals surface area contributed by atoms with E-state index in [0.717, 1.165) is 34.6 Å². The minimum atomic E-state index is 0.139. The highest BCUT2D eigenvalue weighted by Crippen LogP contribution is 2.41. The number of aromatic amines is 1. The Balaban J connectivity index is 1.35. The van der Waals surface area contributed by atoms with E-state index in [1.54, 1.807) is 21.6 Å². The largest absolute Gasteiger partial charge is 0.339 e. The fourth-order valence-electron chi connectivity index (χ4n) is 3.88. The van der Waals surface area contributed by atoms with Gasteiger partial charge >= 0.3 is 0 Å². The Bertz CT molecular complexity index is 931. The van der Waals surface area contributed by atoms with E-state index >= 15 is 0 Å². The third kappa shape index (κ3) is 4.81. The zero-order chi connectivity index (χ0) is 20.2. The quantitative estimate of drug-likeness (QED) is 0.460. The fourth-order valence-corrected chi connectivity index (χ4v) is 5.94. The smallest absolute Gasteiger partial charge is 0.253 e. The molecule has 2 aromatic carbocycles. The van der Waals surface area contributed by atoms with Crippen molar-refractivity contribution in [3.63, 3.8) is 0 Å². The normalized spacial score (nSPS) is 16.1. The Morgan fingerprint density at radius 2 is 1.83 bits per heavy atom. The summed E-state index contributed by atoms with van der Waals surface area (Å²) in [6, 6.07) is 16.6. The van der Waals surface area contributed by atoms with Crippen molar-refractivity contribution in [3.05, 3.63) is 59.7 Å². The van der Waals surface area contributed by atoms with Crippen LogP contribution in [0.2, 0.25) is 0 Å². The molecule has 1 unspecified atom stereocenters. The summed E-state index contributed by atoms with van der Waals surface area (Å²) in [5.74, 6) is 0.139. The van der Waals surface area contributed by atoms with E-state index in [9.17, 15) is 4.79 Å². The van der Waals surface area contributed by atoms with Crippen LogP contribution in [0.4, 0.5) is 0 Å². The average Bonchev–Trinajstić information content (AvgIpc) is 3.20. The van der Waals surface area contributed by atoms with E-state index in [4.69, 9.17) is 0 Å². The first-order valence-corrected chi connectivity index (χ1v) is 12.5. The summed E-state index contributed by atoms with van der Waals surface area (Å²) in [5, 5.41) is 1.22. The van der Waals surface area contributed by atoms with Gasteiger partial charge < -0.3 is 9.88 Å². The van der Waals surface area contributed by atoms with Crippen LogP contribution in [0.3, 0.4) is 0 Å². The molecule has 1 saturated carbocycles. The molecule has 4 rings (SSSR count). The van der Waals surface area contributed by atoms with Gasteiger partial charge in [-0.2, -0.15) is 0 Å². The molecule has 1 aromatic heterocycles. The van der Waals surface area contributed by atoms with Crippen LogP contribution in [0.15, 0.2) is 53.7 Å². The van der Waals surface area contributed by atoms with Crippen molar-refractivity contribution < 1.29 is 4.79 Å². The molecule has 1 fully saturated rings. The second kappa shape index (κ2) is 9.26. The Labute approximate surface area is 180 Å². The number of nitrogens with one attached hydrogen (secondary N) is 1. The van der Waals surface area contributed by atoms with Crippen LogP contribution in [0.5, 0.6) is 0 Å². The second-order valence-corrected chi connectivity index (χ2v) is 10.2. The minimum absolute atomic E-state index is 0.139. The third-order valence-corrected chi connectivity index (χ3v) is 8.35. The van der Waals surface area contributed by atoms with Gasteiger partial charge in [0.15, 0.2) is 5.16 Å². The predicted octanol–water partition coefficient (Wildman–Crippen LogP) is 6.47. The number of para-hydroxylation sites is 2. The van der Waals surface area contributed by atoms with E-state index in [0.29, 0.717) is 11.3 Å². The molecule has 4 nitrogen and oxygen atoms in total. The van der Waals surface area contributed by atoms with E-state index < -0.39 is 0 Å². The maximum atomic E-state index is 12.8. The number of nitrogens with zero attached hydrogens (tertiary/aromatic N) is 2. The molecule has 152 valence electrons. The van der Waals surface area contributed by atoms with Crippen LogP contribution >= 0.6 is 21.6 Å². The molecule has 0 spiro atoms. The summed E-state index contributed by atoms with van der Waals surface area (Å²) in [6.07, 6.45) is 6.03. The van der Waals surface area contributed by atoms with Crippen LogP contribution in [0.25, 0.3) is 11.0 Å². The van der Waals surface area contributed by atoms with E-state index in [2.05, 4.69) is 29.0 Å². The van der Waals surface area contributed by atoms with Crippen molar-refractivity contribution in [2.24, 2.45) is 0 Å². The molecule has 1 aliphatic rings. The van der Waals surface area contributed by atoms with Gasteiger partial charge in [0, 0.05) is 23.9 Å². The summed E-state index contributed by atoms with van der Waals surface area (Å²) in [7, 11) is 5.38.